The van der Waals surface area contributed by atoms with E-state index < -0.39 is 5.97 Å². The molecule has 0 amide bonds. The van der Waals surface area contributed by atoms with Crippen molar-refractivity contribution in [2.45, 2.75) is 13.5 Å². The molecule has 0 aliphatic carbocycles. The lowest BCUT2D eigenvalue weighted by Gasteiger charge is -2.08. The van der Waals surface area contributed by atoms with Gasteiger partial charge >= 0.3 is 5.97 Å². The molecule has 3 nitrogen and oxygen atoms in total. The van der Waals surface area contributed by atoms with Crippen LogP contribution >= 0.6 is 0 Å². The Morgan fingerprint density at radius 2 is 1.85 bits per heavy atom. The third kappa shape index (κ3) is 2.18. The van der Waals surface area contributed by atoms with E-state index in [1.54, 1.807) is 12.1 Å². The van der Waals surface area contributed by atoms with Crippen molar-refractivity contribution in [3.05, 3.63) is 71.4 Å². The van der Waals surface area contributed by atoms with Gasteiger partial charge in [0.2, 0.25) is 0 Å². The smallest absolute Gasteiger partial charge is 0.337 e. The molecule has 1 heterocycles. The first-order chi connectivity index (χ1) is 9.65. The quantitative estimate of drug-likeness (QED) is 0.784. The highest BCUT2D eigenvalue weighted by Crippen LogP contribution is 2.21. The fraction of sp³-hybridized carbons (Fsp3) is 0.118. The van der Waals surface area contributed by atoms with Crippen LogP contribution in [0, 0.1) is 6.92 Å². The summed E-state index contributed by atoms with van der Waals surface area (Å²) in [6, 6.07) is 15.6. The maximum Gasteiger partial charge on any atom is 0.337 e. The maximum atomic E-state index is 11.3. The molecule has 20 heavy (non-hydrogen) atoms. The molecule has 0 spiro atoms. The molecular weight excluding hydrogens is 250 g/mol. The number of para-hydroxylation sites is 1. The molecule has 0 saturated heterocycles. The van der Waals surface area contributed by atoms with E-state index in [1.165, 1.54) is 5.56 Å². The van der Waals surface area contributed by atoms with Crippen LogP contribution in [0.15, 0.2) is 54.7 Å². The zero-order valence-electron chi connectivity index (χ0n) is 11.2. The normalized spacial score (nSPS) is 10.8. The number of rotatable bonds is 3. The fourth-order valence-corrected chi connectivity index (χ4v) is 2.46. The van der Waals surface area contributed by atoms with Gasteiger partial charge in [-0.1, -0.05) is 42.0 Å². The van der Waals surface area contributed by atoms with Crippen LogP contribution < -0.4 is 0 Å². The highest BCUT2D eigenvalue weighted by molar-refractivity contribution is 6.02. The number of benzene rings is 2. The number of aromatic carboxylic acids is 1. The molecule has 100 valence electrons. The Morgan fingerprint density at radius 3 is 2.55 bits per heavy atom. The summed E-state index contributed by atoms with van der Waals surface area (Å²) in [6.45, 7) is 2.73. The van der Waals surface area contributed by atoms with Crippen molar-refractivity contribution in [3.8, 4) is 0 Å². The first-order valence-corrected chi connectivity index (χ1v) is 6.52. The lowest BCUT2D eigenvalue weighted by molar-refractivity contribution is 0.0698. The zero-order chi connectivity index (χ0) is 14.1. The van der Waals surface area contributed by atoms with Crippen LogP contribution in [-0.2, 0) is 6.54 Å². The Bertz CT molecular complexity index is 769. The topological polar surface area (TPSA) is 42.2 Å². The van der Waals surface area contributed by atoms with E-state index >= 15 is 0 Å². The number of nitrogens with zero attached hydrogens (tertiary/aromatic N) is 1. The van der Waals surface area contributed by atoms with Crippen LogP contribution in [0.4, 0.5) is 0 Å². The molecule has 0 bridgehead atoms. The fourth-order valence-electron chi connectivity index (χ4n) is 2.46. The summed E-state index contributed by atoms with van der Waals surface area (Å²) in [6.07, 6.45) is 1.94. The van der Waals surface area contributed by atoms with E-state index in [4.69, 9.17) is 0 Å². The first kappa shape index (κ1) is 12.5. The highest BCUT2D eigenvalue weighted by Gasteiger charge is 2.12. The van der Waals surface area contributed by atoms with Crippen LogP contribution in [0.3, 0.4) is 0 Å². The molecule has 0 radical (unpaired) electrons. The SMILES string of the molecule is Cc1ccc(Cn2ccc3cccc(C(=O)O)c32)cc1. The van der Waals surface area contributed by atoms with E-state index in [9.17, 15) is 9.90 Å². The van der Waals surface area contributed by atoms with Crippen molar-refractivity contribution in [2.24, 2.45) is 0 Å². The highest BCUT2D eigenvalue weighted by atomic mass is 16.4. The number of fused-ring (bicyclic) bond motifs is 1. The summed E-state index contributed by atoms with van der Waals surface area (Å²) in [5.41, 5.74) is 3.51. The molecule has 0 saturated carbocycles. The van der Waals surface area contributed by atoms with Gasteiger partial charge in [-0.2, -0.15) is 0 Å². The molecule has 3 rings (SSSR count). The molecule has 1 N–H and O–H groups in total. The molecule has 0 aliphatic heterocycles. The number of carboxylic acid groups (broad SMARTS) is 1. The standard InChI is InChI=1S/C17H15NO2/c1-12-5-7-13(8-6-12)11-18-10-9-14-3-2-4-15(16(14)18)17(19)20/h2-10H,11H2,1H3,(H,19,20). The Balaban J connectivity index is 2.07. The van der Waals surface area contributed by atoms with Crippen LogP contribution in [-0.4, -0.2) is 15.6 Å². The lowest BCUT2D eigenvalue weighted by atomic mass is 10.1. The summed E-state index contributed by atoms with van der Waals surface area (Å²) in [5, 5.41) is 10.3. The van der Waals surface area contributed by atoms with Crippen molar-refractivity contribution >= 4 is 16.9 Å². The minimum Gasteiger partial charge on any atom is -0.478 e. The third-order valence-corrected chi connectivity index (χ3v) is 3.49. The summed E-state index contributed by atoms with van der Waals surface area (Å²) in [7, 11) is 0. The number of carbonyl (C=O) groups is 1. The molecule has 0 unspecified atom stereocenters. The average Bonchev–Trinajstić information content (AvgIpc) is 2.84. The summed E-state index contributed by atoms with van der Waals surface area (Å²) >= 11 is 0. The minimum absolute atomic E-state index is 0.347. The van der Waals surface area contributed by atoms with Gasteiger partial charge in [-0.3, -0.25) is 0 Å². The largest absolute Gasteiger partial charge is 0.478 e. The van der Waals surface area contributed by atoms with Gasteiger partial charge in [0.05, 0.1) is 11.1 Å². The Kier molecular flexibility index (Phi) is 3.03. The van der Waals surface area contributed by atoms with Crippen molar-refractivity contribution < 1.29 is 9.90 Å². The average molecular weight is 265 g/mol. The van der Waals surface area contributed by atoms with E-state index in [-0.39, 0.29) is 0 Å². The van der Waals surface area contributed by atoms with Crippen LogP contribution in [0.1, 0.15) is 21.5 Å². The van der Waals surface area contributed by atoms with E-state index in [0.29, 0.717) is 12.1 Å². The predicted octanol–water partition coefficient (Wildman–Crippen LogP) is 3.70. The van der Waals surface area contributed by atoms with Crippen LogP contribution in [0.25, 0.3) is 10.9 Å². The Morgan fingerprint density at radius 1 is 1.10 bits per heavy atom. The third-order valence-electron chi connectivity index (χ3n) is 3.49. The van der Waals surface area contributed by atoms with Gasteiger partial charge in [-0.05, 0) is 24.6 Å². The number of carboxylic acids is 1. The van der Waals surface area contributed by atoms with Gasteiger partial charge in [-0.15, -0.1) is 0 Å². The maximum absolute atomic E-state index is 11.3. The number of hydrogen-bond donors (Lipinski definition) is 1. The van der Waals surface area contributed by atoms with Gasteiger partial charge in [0.15, 0.2) is 0 Å². The van der Waals surface area contributed by atoms with Crippen molar-refractivity contribution in [2.75, 3.05) is 0 Å². The molecule has 3 aromatic rings. The van der Waals surface area contributed by atoms with Crippen molar-refractivity contribution in [1.29, 1.82) is 0 Å². The van der Waals surface area contributed by atoms with Gasteiger partial charge in [0.25, 0.3) is 0 Å². The van der Waals surface area contributed by atoms with Crippen LogP contribution in [0.5, 0.6) is 0 Å². The second-order valence-electron chi connectivity index (χ2n) is 4.98. The van der Waals surface area contributed by atoms with Crippen molar-refractivity contribution in [1.82, 2.24) is 4.57 Å². The summed E-state index contributed by atoms with van der Waals surface area (Å²) < 4.78 is 1.99. The summed E-state index contributed by atoms with van der Waals surface area (Å²) in [4.78, 5) is 11.3. The van der Waals surface area contributed by atoms with Crippen LogP contribution in [0.2, 0.25) is 0 Å². The van der Waals surface area contributed by atoms with Crippen molar-refractivity contribution in [3.63, 3.8) is 0 Å². The van der Waals surface area contributed by atoms with Gasteiger partial charge < -0.3 is 9.67 Å². The van der Waals surface area contributed by atoms with Gasteiger partial charge in [0.1, 0.15) is 0 Å². The summed E-state index contributed by atoms with van der Waals surface area (Å²) in [5.74, 6) is -0.889. The monoisotopic (exact) mass is 265 g/mol. The minimum atomic E-state index is -0.889. The molecule has 1 aromatic heterocycles. The second-order valence-corrected chi connectivity index (χ2v) is 4.98. The number of hydrogen-bond acceptors (Lipinski definition) is 1. The Hall–Kier alpha value is -2.55. The van der Waals surface area contributed by atoms with E-state index in [2.05, 4.69) is 31.2 Å². The lowest BCUT2D eigenvalue weighted by Crippen LogP contribution is -2.04. The number of aryl methyl sites for hydroxylation is 1. The van der Waals surface area contributed by atoms with E-state index in [1.807, 2.05) is 22.9 Å². The van der Waals surface area contributed by atoms with Gasteiger partial charge in [0, 0.05) is 18.1 Å². The first-order valence-electron chi connectivity index (χ1n) is 6.52. The molecular formula is C17H15NO2. The molecule has 0 atom stereocenters. The molecule has 0 aliphatic rings. The molecule has 2 aromatic carbocycles. The molecule has 0 fully saturated rings. The van der Waals surface area contributed by atoms with Gasteiger partial charge in [-0.25, -0.2) is 4.79 Å². The Labute approximate surface area is 117 Å². The predicted molar refractivity (Wildman–Crippen MR) is 79.2 cm³/mol. The second kappa shape index (κ2) is 4.85. The van der Waals surface area contributed by atoms with E-state index in [0.717, 1.165) is 16.5 Å². The molecule has 3 heteroatoms. The zero-order valence-corrected chi connectivity index (χ0v) is 11.2. The number of aromatic nitrogens is 1.